The Hall–Kier alpha value is -2.47. The number of carbonyl (C=O) groups is 1. The standard InChI is InChI=1S/C25H32B2FN3O2/c1-18(2)17-33-23-10-6-20(7-11-23)25(26,27)29-24(32)31(22-12-14-30(3)15-13-22)16-19-4-8-21(28)9-5-19/h4-11,18,22H,12-17H2,1-3H3,(H,29,32). The first-order valence-corrected chi connectivity index (χ1v) is 11.5. The molecule has 0 spiro atoms. The molecule has 33 heavy (non-hydrogen) atoms. The number of likely N-dealkylation sites (tertiary alicyclic amines) is 1. The normalized spacial score (nSPS) is 15.4. The van der Waals surface area contributed by atoms with E-state index in [-0.39, 0.29) is 17.9 Å². The maximum absolute atomic E-state index is 13.4. The van der Waals surface area contributed by atoms with Crippen molar-refractivity contribution in [3.8, 4) is 5.75 Å². The van der Waals surface area contributed by atoms with Crippen LogP contribution in [0.1, 0.15) is 37.8 Å². The number of carbonyl (C=O) groups excluding carboxylic acids is 1. The zero-order chi connectivity index (χ0) is 24.0. The molecule has 1 aliphatic heterocycles. The van der Waals surface area contributed by atoms with Crippen molar-refractivity contribution in [3.63, 3.8) is 0 Å². The van der Waals surface area contributed by atoms with Gasteiger partial charge in [-0.3, -0.25) is 0 Å². The minimum absolute atomic E-state index is 0.0360. The van der Waals surface area contributed by atoms with E-state index in [4.69, 9.17) is 20.4 Å². The van der Waals surface area contributed by atoms with Crippen LogP contribution in [0.5, 0.6) is 5.75 Å². The van der Waals surface area contributed by atoms with Crippen LogP contribution in [-0.2, 0) is 11.9 Å². The topological polar surface area (TPSA) is 44.8 Å². The van der Waals surface area contributed by atoms with Gasteiger partial charge < -0.3 is 19.9 Å². The molecule has 0 aliphatic carbocycles. The van der Waals surface area contributed by atoms with E-state index in [1.807, 2.05) is 0 Å². The van der Waals surface area contributed by atoms with Crippen molar-refractivity contribution in [2.45, 2.75) is 44.6 Å². The highest BCUT2D eigenvalue weighted by Gasteiger charge is 2.30. The number of urea groups is 1. The van der Waals surface area contributed by atoms with Crippen LogP contribution in [0.2, 0.25) is 0 Å². The van der Waals surface area contributed by atoms with Gasteiger partial charge in [0.1, 0.15) is 11.6 Å². The summed E-state index contributed by atoms with van der Waals surface area (Å²) in [5, 5.41) is 1.24. The summed E-state index contributed by atoms with van der Waals surface area (Å²) in [7, 11) is 14.7. The molecule has 0 unspecified atom stereocenters. The average Bonchev–Trinajstić information content (AvgIpc) is 2.78. The van der Waals surface area contributed by atoms with Gasteiger partial charge in [0.25, 0.3) is 0 Å². The minimum atomic E-state index is -1.56. The van der Waals surface area contributed by atoms with Crippen molar-refractivity contribution < 1.29 is 13.9 Å². The summed E-state index contributed by atoms with van der Waals surface area (Å²) in [6.45, 7) is 6.91. The van der Waals surface area contributed by atoms with E-state index in [1.165, 1.54) is 12.1 Å². The van der Waals surface area contributed by atoms with Crippen LogP contribution in [0, 0.1) is 11.7 Å². The van der Waals surface area contributed by atoms with E-state index in [1.54, 1.807) is 41.3 Å². The fraction of sp³-hybridized carbons (Fsp3) is 0.480. The van der Waals surface area contributed by atoms with Crippen molar-refractivity contribution in [1.82, 2.24) is 15.1 Å². The quantitative estimate of drug-likeness (QED) is 0.630. The number of hydrogen-bond acceptors (Lipinski definition) is 3. The van der Waals surface area contributed by atoms with Crippen molar-refractivity contribution in [3.05, 3.63) is 65.5 Å². The summed E-state index contributed by atoms with van der Waals surface area (Å²) in [6.07, 6.45) is 1.68. The number of nitrogens with zero attached hydrogens (tertiary/aromatic N) is 2. The van der Waals surface area contributed by atoms with Gasteiger partial charge >= 0.3 is 6.03 Å². The molecule has 3 rings (SSSR count). The molecule has 1 heterocycles. The molecule has 1 aliphatic rings. The number of nitrogens with one attached hydrogen (secondary N) is 1. The van der Waals surface area contributed by atoms with Crippen LogP contribution in [-0.4, -0.2) is 64.3 Å². The Morgan fingerprint density at radius 3 is 2.33 bits per heavy atom. The third-order valence-corrected chi connectivity index (χ3v) is 5.88. The van der Waals surface area contributed by atoms with E-state index in [0.29, 0.717) is 24.6 Å². The van der Waals surface area contributed by atoms with E-state index in [2.05, 4.69) is 31.1 Å². The molecule has 2 amide bonds. The largest absolute Gasteiger partial charge is 0.493 e. The Morgan fingerprint density at radius 1 is 1.15 bits per heavy atom. The molecular weight excluding hydrogens is 415 g/mol. The predicted molar refractivity (Wildman–Crippen MR) is 131 cm³/mol. The molecule has 0 aromatic heterocycles. The van der Waals surface area contributed by atoms with Crippen LogP contribution >= 0.6 is 0 Å². The number of ether oxygens (including phenoxy) is 1. The van der Waals surface area contributed by atoms with Gasteiger partial charge in [0.15, 0.2) is 0 Å². The first-order chi connectivity index (χ1) is 15.6. The molecule has 8 heteroatoms. The van der Waals surface area contributed by atoms with Crippen LogP contribution < -0.4 is 10.1 Å². The van der Waals surface area contributed by atoms with Crippen molar-refractivity contribution in [1.29, 1.82) is 0 Å². The van der Waals surface area contributed by atoms with Crippen LogP contribution in [0.15, 0.2) is 48.5 Å². The summed E-state index contributed by atoms with van der Waals surface area (Å²) in [5.41, 5.74) is 1.41. The number of benzene rings is 2. The van der Waals surface area contributed by atoms with Gasteiger partial charge in [-0.1, -0.05) is 38.1 Å². The average molecular weight is 447 g/mol. The van der Waals surface area contributed by atoms with Crippen LogP contribution in [0.25, 0.3) is 0 Å². The molecular formula is C25H32B2FN3O2. The van der Waals surface area contributed by atoms with E-state index in [0.717, 1.165) is 37.2 Å². The van der Waals surface area contributed by atoms with Gasteiger partial charge in [0.05, 0.1) is 22.3 Å². The minimum Gasteiger partial charge on any atom is -0.493 e. The van der Waals surface area contributed by atoms with Gasteiger partial charge in [0.2, 0.25) is 0 Å². The summed E-state index contributed by atoms with van der Waals surface area (Å²) in [4.78, 5) is 17.4. The summed E-state index contributed by atoms with van der Waals surface area (Å²) in [6, 6.07) is 13.0. The molecule has 172 valence electrons. The fourth-order valence-corrected chi connectivity index (χ4v) is 3.87. The summed E-state index contributed by atoms with van der Waals surface area (Å²) in [5.74, 6) is 0.829. The van der Waals surface area contributed by atoms with Crippen molar-refractivity contribution in [2.24, 2.45) is 5.92 Å². The molecule has 0 bridgehead atoms. The van der Waals surface area contributed by atoms with E-state index >= 15 is 0 Å². The molecule has 5 nitrogen and oxygen atoms in total. The lowest BCUT2D eigenvalue weighted by Crippen LogP contribution is -2.56. The third kappa shape index (κ3) is 7.26. The van der Waals surface area contributed by atoms with Crippen molar-refractivity contribution >= 4 is 21.7 Å². The zero-order valence-corrected chi connectivity index (χ0v) is 19.8. The molecule has 4 radical (unpaired) electrons. The molecule has 1 fully saturated rings. The lowest BCUT2D eigenvalue weighted by atomic mass is 9.58. The molecule has 1 saturated heterocycles. The molecule has 2 aromatic rings. The third-order valence-electron chi connectivity index (χ3n) is 5.88. The smallest absolute Gasteiger partial charge is 0.317 e. The number of halogens is 1. The van der Waals surface area contributed by atoms with E-state index < -0.39 is 5.34 Å². The van der Waals surface area contributed by atoms with Gasteiger partial charge in [-0.25, -0.2) is 9.18 Å². The monoisotopic (exact) mass is 447 g/mol. The molecule has 0 atom stereocenters. The van der Waals surface area contributed by atoms with Crippen LogP contribution in [0.4, 0.5) is 9.18 Å². The maximum Gasteiger partial charge on any atom is 0.317 e. The van der Waals surface area contributed by atoms with E-state index in [9.17, 15) is 9.18 Å². The lowest BCUT2D eigenvalue weighted by Gasteiger charge is -2.40. The highest BCUT2D eigenvalue weighted by Crippen LogP contribution is 2.23. The second-order valence-corrected chi connectivity index (χ2v) is 9.32. The molecule has 2 aromatic carbocycles. The van der Waals surface area contributed by atoms with Crippen LogP contribution in [0.3, 0.4) is 0 Å². The number of rotatable bonds is 8. The highest BCUT2D eigenvalue weighted by molar-refractivity contribution is 6.40. The summed E-state index contributed by atoms with van der Waals surface area (Å²) < 4.78 is 19.1. The number of amides is 2. The predicted octanol–water partition coefficient (Wildman–Crippen LogP) is 3.61. The first-order valence-electron chi connectivity index (χ1n) is 11.5. The van der Waals surface area contributed by atoms with Gasteiger partial charge in [-0.2, -0.15) is 0 Å². The Labute approximate surface area is 199 Å². The zero-order valence-electron chi connectivity index (χ0n) is 19.8. The number of hydrogen-bond donors (Lipinski definition) is 1. The molecule has 0 saturated carbocycles. The Morgan fingerprint density at radius 2 is 1.76 bits per heavy atom. The highest BCUT2D eigenvalue weighted by atomic mass is 19.1. The SMILES string of the molecule is [B]C([B])(NC(=O)N(Cc1ccc(F)cc1)C1CCN(C)CC1)c1ccc(OCC(C)C)cc1. The second kappa shape index (κ2) is 11.1. The lowest BCUT2D eigenvalue weighted by molar-refractivity contribution is 0.125. The fourth-order valence-electron chi connectivity index (χ4n) is 3.87. The van der Waals surface area contributed by atoms with Gasteiger partial charge in [-0.05, 0) is 79.6 Å². The Balaban J connectivity index is 1.73. The maximum atomic E-state index is 13.4. The number of piperidine rings is 1. The van der Waals surface area contributed by atoms with Crippen molar-refractivity contribution in [2.75, 3.05) is 26.7 Å². The Kier molecular flexibility index (Phi) is 8.46. The second-order valence-electron chi connectivity index (χ2n) is 9.32. The Bertz CT molecular complexity index is 899. The summed E-state index contributed by atoms with van der Waals surface area (Å²) >= 11 is 0. The molecule has 1 N–H and O–H groups in total. The van der Waals surface area contributed by atoms with Gasteiger partial charge in [0, 0.05) is 12.6 Å². The van der Waals surface area contributed by atoms with Gasteiger partial charge in [-0.15, -0.1) is 0 Å². The first kappa shape index (κ1) is 25.2.